The fraction of sp³-hybridized carbons (Fsp3) is 0.500. The number of ether oxygens (including phenoxy) is 1. The lowest BCUT2D eigenvalue weighted by molar-refractivity contribution is 0.0876. The molecule has 3 heteroatoms. The van der Waals surface area contributed by atoms with E-state index in [-0.39, 0.29) is 0 Å². The topological polar surface area (TPSA) is 47.3 Å². The van der Waals surface area contributed by atoms with E-state index in [1.807, 2.05) is 19.1 Å². The van der Waals surface area contributed by atoms with Crippen molar-refractivity contribution >= 4 is 11.4 Å². The van der Waals surface area contributed by atoms with Gasteiger partial charge in [0, 0.05) is 24.0 Å². The van der Waals surface area contributed by atoms with Crippen LogP contribution >= 0.6 is 0 Å². The molecule has 1 fully saturated rings. The molecule has 0 amide bonds. The highest BCUT2D eigenvalue weighted by molar-refractivity contribution is 5.58. The monoisotopic (exact) mass is 206 g/mol. The Balaban J connectivity index is 2.00. The molecule has 0 bridgehead atoms. The van der Waals surface area contributed by atoms with E-state index in [4.69, 9.17) is 10.5 Å². The Kier molecular flexibility index (Phi) is 3.11. The van der Waals surface area contributed by atoms with E-state index in [0.29, 0.717) is 6.04 Å². The van der Waals surface area contributed by atoms with E-state index in [9.17, 15) is 0 Å². The van der Waals surface area contributed by atoms with Crippen LogP contribution in [0, 0.1) is 6.92 Å². The zero-order valence-corrected chi connectivity index (χ0v) is 9.12. The SMILES string of the molecule is Cc1ccc(NC2CCCOC2)cc1N. The Bertz CT molecular complexity index is 332. The molecule has 0 saturated carbocycles. The van der Waals surface area contributed by atoms with Gasteiger partial charge in [0.1, 0.15) is 0 Å². The molecular formula is C12H18N2O. The summed E-state index contributed by atoms with van der Waals surface area (Å²) in [6.45, 7) is 3.71. The average Bonchev–Trinajstić information content (AvgIpc) is 2.25. The molecular weight excluding hydrogens is 188 g/mol. The van der Waals surface area contributed by atoms with Crippen molar-refractivity contribution in [3.05, 3.63) is 23.8 Å². The lowest BCUT2D eigenvalue weighted by atomic mass is 10.1. The van der Waals surface area contributed by atoms with Crippen LogP contribution in [0.25, 0.3) is 0 Å². The van der Waals surface area contributed by atoms with Gasteiger partial charge >= 0.3 is 0 Å². The summed E-state index contributed by atoms with van der Waals surface area (Å²) in [4.78, 5) is 0. The quantitative estimate of drug-likeness (QED) is 0.729. The van der Waals surface area contributed by atoms with E-state index < -0.39 is 0 Å². The van der Waals surface area contributed by atoms with Gasteiger partial charge in [-0.1, -0.05) is 6.07 Å². The Labute approximate surface area is 90.6 Å². The van der Waals surface area contributed by atoms with Crippen LogP contribution in [-0.4, -0.2) is 19.3 Å². The lowest BCUT2D eigenvalue weighted by Crippen LogP contribution is -2.29. The van der Waals surface area contributed by atoms with Crippen LogP contribution in [-0.2, 0) is 4.74 Å². The van der Waals surface area contributed by atoms with Crippen molar-refractivity contribution in [2.75, 3.05) is 24.3 Å². The molecule has 1 aliphatic rings. The van der Waals surface area contributed by atoms with Crippen molar-refractivity contribution < 1.29 is 4.74 Å². The van der Waals surface area contributed by atoms with Gasteiger partial charge in [-0.3, -0.25) is 0 Å². The molecule has 1 aliphatic heterocycles. The molecule has 3 nitrogen and oxygen atoms in total. The number of hydrogen-bond donors (Lipinski definition) is 2. The van der Waals surface area contributed by atoms with Crippen molar-refractivity contribution in [1.82, 2.24) is 0 Å². The number of nitrogens with one attached hydrogen (secondary N) is 1. The normalized spacial score (nSPS) is 21.3. The zero-order valence-electron chi connectivity index (χ0n) is 9.12. The Morgan fingerprint density at radius 2 is 2.33 bits per heavy atom. The first-order valence-electron chi connectivity index (χ1n) is 5.46. The molecule has 1 aromatic carbocycles. The molecule has 0 aromatic heterocycles. The molecule has 2 rings (SSSR count). The van der Waals surface area contributed by atoms with Gasteiger partial charge < -0.3 is 15.8 Å². The van der Waals surface area contributed by atoms with Crippen LogP contribution in [0.1, 0.15) is 18.4 Å². The lowest BCUT2D eigenvalue weighted by Gasteiger charge is -2.24. The number of benzene rings is 1. The van der Waals surface area contributed by atoms with Crippen LogP contribution in [0.15, 0.2) is 18.2 Å². The molecule has 3 N–H and O–H groups in total. The molecule has 1 unspecified atom stereocenters. The van der Waals surface area contributed by atoms with E-state index in [2.05, 4.69) is 11.4 Å². The van der Waals surface area contributed by atoms with Crippen LogP contribution in [0.3, 0.4) is 0 Å². The number of anilines is 2. The van der Waals surface area contributed by atoms with E-state index >= 15 is 0 Å². The van der Waals surface area contributed by atoms with Crippen molar-refractivity contribution in [2.24, 2.45) is 0 Å². The third-order valence-electron chi connectivity index (χ3n) is 2.81. The maximum atomic E-state index is 5.85. The number of nitrogen functional groups attached to an aromatic ring is 1. The maximum absolute atomic E-state index is 5.85. The molecule has 0 aliphatic carbocycles. The summed E-state index contributed by atoms with van der Waals surface area (Å²) in [5.41, 5.74) is 8.92. The number of nitrogens with two attached hydrogens (primary N) is 1. The predicted octanol–water partition coefficient (Wildman–Crippen LogP) is 2.17. The molecule has 0 spiro atoms. The van der Waals surface area contributed by atoms with Gasteiger partial charge in [-0.2, -0.15) is 0 Å². The molecule has 1 aromatic rings. The summed E-state index contributed by atoms with van der Waals surface area (Å²) in [7, 11) is 0. The average molecular weight is 206 g/mol. The number of rotatable bonds is 2. The summed E-state index contributed by atoms with van der Waals surface area (Å²) < 4.78 is 5.41. The predicted molar refractivity (Wildman–Crippen MR) is 63.1 cm³/mol. The minimum Gasteiger partial charge on any atom is -0.398 e. The van der Waals surface area contributed by atoms with Crippen LogP contribution in [0.2, 0.25) is 0 Å². The third kappa shape index (κ3) is 2.63. The second-order valence-corrected chi connectivity index (χ2v) is 4.13. The van der Waals surface area contributed by atoms with Gasteiger partial charge in [0.15, 0.2) is 0 Å². The molecule has 1 atom stereocenters. The first-order chi connectivity index (χ1) is 7.25. The van der Waals surface area contributed by atoms with E-state index in [1.165, 1.54) is 6.42 Å². The summed E-state index contributed by atoms with van der Waals surface area (Å²) in [6.07, 6.45) is 2.31. The Morgan fingerprint density at radius 3 is 3.00 bits per heavy atom. The number of hydrogen-bond acceptors (Lipinski definition) is 3. The summed E-state index contributed by atoms with van der Waals surface area (Å²) in [6, 6.07) is 6.53. The van der Waals surface area contributed by atoms with Gasteiger partial charge in [0.05, 0.1) is 6.61 Å². The van der Waals surface area contributed by atoms with Gasteiger partial charge in [0.2, 0.25) is 0 Å². The van der Waals surface area contributed by atoms with Crippen LogP contribution < -0.4 is 11.1 Å². The van der Waals surface area contributed by atoms with E-state index in [1.54, 1.807) is 0 Å². The van der Waals surface area contributed by atoms with E-state index in [0.717, 1.165) is 36.6 Å². The largest absolute Gasteiger partial charge is 0.398 e. The summed E-state index contributed by atoms with van der Waals surface area (Å²) in [5.74, 6) is 0. The Morgan fingerprint density at radius 1 is 1.47 bits per heavy atom. The summed E-state index contributed by atoms with van der Waals surface area (Å²) >= 11 is 0. The molecule has 15 heavy (non-hydrogen) atoms. The van der Waals surface area contributed by atoms with Crippen molar-refractivity contribution in [1.29, 1.82) is 0 Å². The smallest absolute Gasteiger partial charge is 0.0667 e. The highest BCUT2D eigenvalue weighted by Gasteiger charge is 2.13. The zero-order chi connectivity index (χ0) is 10.7. The first kappa shape index (κ1) is 10.3. The fourth-order valence-corrected chi connectivity index (χ4v) is 1.82. The van der Waals surface area contributed by atoms with Gasteiger partial charge in [-0.15, -0.1) is 0 Å². The van der Waals surface area contributed by atoms with Gasteiger partial charge in [-0.05, 0) is 37.5 Å². The standard InChI is InChI=1S/C12H18N2O/c1-9-4-5-10(7-12(9)13)14-11-3-2-6-15-8-11/h4-5,7,11,14H,2-3,6,8,13H2,1H3. The summed E-state index contributed by atoms with van der Waals surface area (Å²) in [5, 5.41) is 3.44. The van der Waals surface area contributed by atoms with Crippen molar-refractivity contribution in [3.8, 4) is 0 Å². The highest BCUT2D eigenvalue weighted by atomic mass is 16.5. The second-order valence-electron chi connectivity index (χ2n) is 4.13. The molecule has 82 valence electrons. The van der Waals surface area contributed by atoms with Crippen molar-refractivity contribution in [3.63, 3.8) is 0 Å². The molecule has 1 heterocycles. The van der Waals surface area contributed by atoms with Gasteiger partial charge in [0.25, 0.3) is 0 Å². The number of aryl methyl sites for hydroxylation is 1. The highest BCUT2D eigenvalue weighted by Crippen LogP contribution is 2.19. The van der Waals surface area contributed by atoms with Crippen LogP contribution in [0.5, 0.6) is 0 Å². The van der Waals surface area contributed by atoms with Crippen molar-refractivity contribution in [2.45, 2.75) is 25.8 Å². The third-order valence-corrected chi connectivity index (χ3v) is 2.81. The minimum atomic E-state index is 0.431. The van der Waals surface area contributed by atoms with Crippen LogP contribution in [0.4, 0.5) is 11.4 Å². The molecule has 0 radical (unpaired) electrons. The maximum Gasteiger partial charge on any atom is 0.0667 e. The minimum absolute atomic E-state index is 0.431. The Hall–Kier alpha value is -1.22. The molecule has 1 saturated heterocycles. The van der Waals surface area contributed by atoms with Gasteiger partial charge in [-0.25, -0.2) is 0 Å². The fourth-order valence-electron chi connectivity index (χ4n) is 1.82. The second kappa shape index (κ2) is 4.53. The first-order valence-corrected chi connectivity index (χ1v) is 5.46.